The van der Waals surface area contributed by atoms with Gasteiger partial charge in [-0.25, -0.2) is 0 Å². The van der Waals surface area contributed by atoms with Gasteiger partial charge < -0.3 is 21.3 Å². The van der Waals surface area contributed by atoms with E-state index in [9.17, 15) is 9.59 Å². The molecule has 0 heterocycles. The van der Waals surface area contributed by atoms with Gasteiger partial charge in [0.15, 0.2) is 0 Å². The van der Waals surface area contributed by atoms with Gasteiger partial charge in [-0.15, -0.1) is 0 Å². The summed E-state index contributed by atoms with van der Waals surface area (Å²) in [5, 5.41) is 5.44. The van der Waals surface area contributed by atoms with Crippen LogP contribution in [0.1, 0.15) is 30.6 Å². The molecule has 21 heavy (non-hydrogen) atoms. The summed E-state index contributed by atoms with van der Waals surface area (Å²) in [6, 6.07) is 4.54. The van der Waals surface area contributed by atoms with E-state index in [4.69, 9.17) is 5.73 Å². The lowest BCUT2D eigenvalue weighted by molar-refractivity contribution is -0.122. The molecule has 0 radical (unpaired) electrons. The van der Waals surface area contributed by atoms with Gasteiger partial charge in [-0.3, -0.25) is 9.59 Å². The molecule has 6 nitrogen and oxygen atoms in total. The van der Waals surface area contributed by atoms with Crippen LogP contribution in [0.5, 0.6) is 0 Å². The van der Waals surface area contributed by atoms with Crippen molar-refractivity contribution >= 4 is 23.2 Å². The maximum atomic E-state index is 12.3. The topological polar surface area (TPSA) is 87.5 Å². The number of benzene rings is 1. The first-order valence-electron chi connectivity index (χ1n) is 7.02. The molecule has 0 aliphatic carbocycles. The molecule has 0 saturated carbocycles. The molecule has 1 rings (SSSR count). The van der Waals surface area contributed by atoms with Crippen LogP contribution >= 0.6 is 0 Å². The summed E-state index contributed by atoms with van der Waals surface area (Å²) in [6.45, 7) is 4.23. The van der Waals surface area contributed by atoms with Crippen molar-refractivity contribution in [2.75, 3.05) is 31.3 Å². The van der Waals surface area contributed by atoms with Crippen LogP contribution in [0.3, 0.4) is 0 Å². The van der Waals surface area contributed by atoms with E-state index in [0.29, 0.717) is 17.8 Å². The summed E-state index contributed by atoms with van der Waals surface area (Å²) in [7, 11) is 3.69. The Kier molecular flexibility index (Phi) is 6.02. The molecule has 6 heteroatoms. The number of hydrogen-bond acceptors (Lipinski definition) is 4. The molecule has 1 aromatic rings. The Hall–Kier alpha value is -2.24. The van der Waals surface area contributed by atoms with Crippen LogP contribution in [0.15, 0.2) is 18.2 Å². The fraction of sp³-hybridized carbons (Fsp3) is 0.467. The molecule has 1 aromatic carbocycles. The maximum Gasteiger partial charge on any atom is 0.254 e. The standard InChI is InChI=1S/C15H24N4O2/c1-5-8-17-14(20)10(2)18-15(21)12-9-11(16)6-7-13(12)19(3)4/h6-7,9-10H,5,8,16H2,1-4H3,(H,17,20)(H,18,21). The summed E-state index contributed by atoms with van der Waals surface area (Å²) in [5.74, 6) is -0.509. The molecule has 0 fully saturated rings. The molecule has 0 aromatic heterocycles. The third-order valence-electron chi connectivity index (χ3n) is 3.04. The zero-order chi connectivity index (χ0) is 16.0. The minimum atomic E-state index is -0.597. The van der Waals surface area contributed by atoms with Crippen LogP contribution in [-0.4, -0.2) is 38.5 Å². The summed E-state index contributed by atoms with van der Waals surface area (Å²) < 4.78 is 0. The predicted octanol–water partition coefficient (Wildman–Crippen LogP) is 0.979. The zero-order valence-electron chi connectivity index (χ0n) is 13.1. The van der Waals surface area contributed by atoms with Crippen molar-refractivity contribution in [3.05, 3.63) is 23.8 Å². The lowest BCUT2D eigenvalue weighted by atomic mass is 10.1. The van der Waals surface area contributed by atoms with E-state index in [1.165, 1.54) is 0 Å². The highest BCUT2D eigenvalue weighted by atomic mass is 16.2. The minimum Gasteiger partial charge on any atom is -0.399 e. The van der Waals surface area contributed by atoms with Gasteiger partial charge in [-0.2, -0.15) is 0 Å². The van der Waals surface area contributed by atoms with Crippen LogP contribution in [0.2, 0.25) is 0 Å². The van der Waals surface area contributed by atoms with E-state index in [1.807, 2.05) is 25.9 Å². The number of amides is 2. The third-order valence-corrected chi connectivity index (χ3v) is 3.04. The lowest BCUT2D eigenvalue weighted by Crippen LogP contribution is -2.45. The number of nitrogens with two attached hydrogens (primary N) is 1. The number of carbonyl (C=O) groups is 2. The van der Waals surface area contributed by atoms with Crippen molar-refractivity contribution in [1.82, 2.24) is 10.6 Å². The Balaban J connectivity index is 2.84. The third kappa shape index (κ3) is 4.66. The molecule has 4 N–H and O–H groups in total. The summed E-state index contributed by atoms with van der Waals surface area (Å²) in [5.41, 5.74) is 7.46. The Morgan fingerprint density at radius 3 is 2.57 bits per heavy atom. The highest BCUT2D eigenvalue weighted by Gasteiger charge is 2.19. The highest BCUT2D eigenvalue weighted by Crippen LogP contribution is 2.21. The molecule has 0 spiro atoms. The van der Waals surface area contributed by atoms with Gasteiger partial charge in [0.2, 0.25) is 5.91 Å². The fourth-order valence-corrected chi connectivity index (χ4v) is 1.87. The second-order valence-corrected chi connectivity index (χ2v) is 5.16. The average molecular weight is 292 g/mol. The molecule has 116 valence electrons. The van der Waals surface area contributed by atoms with Gasteiger partial charge >= 0.3 is 0 Å². The normalized spacial score (nSPS) is 11.6. The smallest absolute Gasteiger partial charge is 0.254 e. The molecule has 0 bridgehead atoms. The number of hydrogen-bond donors (Lipinski definition) is 3. The van der Waals surface area contributed by atoms with Crippen LogP contribution in [-0.2, 0) is 4.79 Å². The number of nitrogens with one attached hydrogen (secondary N) is 2. The Bertz CT molecular complexity index is 514. The van der Waals surface area contributed by atoms with Crippen molar-refractivity contribution in [3.63, 3.8) is 0 Å². The molecule has 1 unspecified atom stereocenters. The average Bonchev–Trinajstić information content (AvgIpc) is 2.43. The van der Waals surface area contributed by atoms with E-state index >= 15 is 0 Å². The van der Waals surface area contributed by atoms with E-state index in [2.05, 4.69) is 10.6 Å². The Labute approximate surface area is 125 Å². The summed E-state index contributed by atoms with van der Waals surface area (Å²) in [4.78, 5) is 26.0. The number of nitrogen functional groups attached to an aromatic ring is 1. The largest absolute Gasteiger partial charge is 0.399 e. The van der Waals surface area contributed by atoms with Gasteiger partial charge in [0.25, 0.3) is 5.91 Å². The van der Waals surface area contributed by atoms with Crippen molar-refractivity contribution in [2.24, 2.45) is 0 Å². The van der Waals surface area contributed by atoms with Crippen LogP contribution in [0, 0.1) is 0 Å². The van der Waals surface area contributed by atoms with E-state index in [-0.39, 0.29) is 11.8 Å². The van der Waals surface area contributed by atoms with Gasteiger partial charge in [0, 0.05) is 32.0 Å². The highest BCUT2D eigenvalue weighted by molar-refractivity contribution is 6.02. The van der Waals surface area contributed by atoms with Crippen molar-refractivity contribution in [3.8, 4) is 0 Å². The maximum absolute atomic E-state index is 12.3. The number of rotatable bonds is 6. The molecule has 1 atom stereocenters. The van der Waals surface area contributed by atoms with Crippen LogP contribution in [0.25, 0.3) is 0 Å². The molecular weight excluding hydrogens is 268 g/mol. The van der Waals surface area contributed by atoms with E-state index in [1.54, 1.807) is 25.1 Å². The monoisotopic (exact) mass is 292 g/mol. The number of carbonyl (C=O) groups excluding carboxylic acids is 2. The Morgan fingerprint density at radius 1 is 1.33 bits per heavy atom. The summed E-state index contributed by atoms with van der Waals surface area (Å²) >= 11 is 0. The lowest BCUT2D eigenvalue weighted by Gasteiger charge is -2.19. The van der Waals surface area contributed by atoms with Gasteiger partial charge in [0.05, 0.1) is 5.56 Å². The second-order valence-electron chi connectivity index (χ2n) is 5.16. The predicted molar refractivity (Wildman–Crippen MR) is 85.4 cm³/mol. The molecule has 0 aliphatic rings. The number of anilines is 2. The summed E-state index contributed by atoms with van der Waals surface area (Å²) in [6.07, 6.45) is 0.854. The molecular formula is C15H24N4O2. The Morgan fingerprint density at radius 2 is 2.00 bits per heavy atom. The second kappa shape index (κ2) is 7.52. The quantitative estimate of drug-likeness (QED) is 0.682. The van der Waals surface area contributed by atoms with Crippen LogP contribution < -0.4 is 21.3 Å². The van der Waals surface area contributed by atoms with Gasteiger partial charge in [-0.1, -0.05) is 6.92 Å². The minimum absolute atomic E-state index is 0.194. The molecule has 2 amide bonds. The van der Waals surface area contributed by atoms with E-state index < -0.39 is 6.04 Å². The SMILES string of the molecule is CCCNC(=O)C(C)NC(=O)c1cc(N)ccc1N(C)C. The number of nitrogens with zero attached hydrogens (tertiary/aromatic N) is 1. The first-order chi connectivity index (χ1) is 9.86. The van der Waals surface area contributed by atoms with Gasteiger partial charge in [0.1, 0.15) is 6.04 Å². The molecule has 0 aliphatic heterocycles. The van der Waals surface area contributed by atoms with Crippen molar-refractivity contribution in [2.45, 2.75) is 26.3 Å². The first kappa shape index (κ1) is 16.8. The zero-order valence-corrected chi connectivity index (χ0v) is 13.1. The molecule has 0 saturated heterocycles. The van der Waals surface area contributed by atoms with Crippen molar-refractivity contribution < 1.29 is 9.59 Å². The fourth-order valence-electron chi connectivity index (χ4n) is 1.87. The van der Waals surface area contributed by atoms with E-state index in [0.717, 1.165) is 12.1 Å². The van der Waals surface area contributed by atoms with Crippen molar-refractivity contribution in [1.29, 1.82) is 0 Å². The first-order valence-corrected chi connectivity index (χ1v) is 7.02. The van der Waals surface area contributed by atoms with Gasteiger partial charge in [-0.05, 0) is 31.5 Å². The van der Waals surface area contributed by atoms with Crippen LogP contribution in [0.4, 0.5) is 11.4 Å².